The van der Waals surface area contributed by atoms with Crippen molar-refractivity contribution in [1.82, 2.24) is 4.98 Å². The molecule has 1 aromatic rings. The number of alkyl halides is 3. The molecule has 90 valence electrons. The molecule has 0 aliphatic rings. The molecular weight excluding hydrogens is 247 g/mol. The van der Waals surface area contributed by atoms with E-state index in [0.29, 0.717) is 12.3 Å². The van der Waals surface area contributed by atoms with Crippen LogP contribution in [0.4, 0.5) is 13.2 Å². The van der Waals surface area contributed by atoms with Crippen LogP contribution < -0.4 is 4.18 Å². The molecule has 16 heavy (non-hydrogen) atoms. The van der Waals surface area contributed by atoms with Gasteiger partial charge in [0, 0.05) is 12.3 Å². The lowest BCUT2D eigenvalue weighted by molar-refractivity contribution is -0.137. The summed E-state index contributed by atoms with van der Waals surface area (Å²) in [6.07, 6.45) is -3.99. The number of aromatic nitrogens is 1. The molecule has 0 amide bonds. The van der Waals surface area contributed by atoms with E-state index in [9.17, 15) is 21.6 Å². The van der Waals surface area contributed by atoms with Crippen molar-refractivity contribution in [3.05, 3.63) is 23.9 Å². The SMILES string of the molecule is CCS(=O)(=O)Oc1ccc(C(F)(F)F)cn1. The summed E-state index contributed by atoms with van der Waals surface area (Å²) in [5.41, 5.74) is -0.964. The summed E-state index contributed by atoms with van der Waals surface area (Å²) in [4.78, 5) is 3.26. The average Bonchev–Trinajstić information content (AvgIpc) is 2.16. The molecule has 0 radical (unpaired) electrons. The molecule has 0 spiro atoms. The second-order valence-electron chi connectivity index (χ2n) is 2.81. The van der Waals surface area contributed by atoms with Gasteiger partial charge in [-0.25, -0.2) is 4.98 Å². The van der Waals surface area contributed by atoms with Crippen molar-refractivity contribution in [3.63, 3.8) is 0 Å². The lowest BCUT2D eigenvalue weighted by atomic mass is 10.3. The van der Waals surface area contributed by atoms with Crippen molar-refractivity contribution in [1.29, 1.82) is 0 Å². The summed E-state index contributed by atoms with van der Waals surface area (Å²) >= 11 is 0. The fourth-order valence-corrected chi connectivity index (χ4v) is 1.26. The third-order valence-corrected chi connectivity index (χ3v) is 2.76. The van der Waals surface area contributed by atoms with E-state index in [4.69, 9.17) is 0 Å². The molecule has 0 bridgehead atoms. The predicted octanol–water partition coefficient (Wildman–Crippen LogP) is 1.83. The van der Waals surface area contributed by atoms with Gasteiger partial charge in [-0.2, -0.15) is 21.6 Å². The van der Waals surface area contributed by atoms with Crippen molar-refractivity contribution < 1.29 is 25.8 Å². The maximum absolute atomic E-state index is 12.1. The highest BCUT2D eigenvalue weighted by molar-refractivity contribution is 7.87. The monoisotopic (exact) mass is 255 g/mol. The second-order valence-corrected chi connectivity index (χ2v) is 4.67. The van der Waals surface area contributed by atoms with E-state index < -0.39 is 21.9 Å². The van der Waals surface area contributed by atoms with Gasteiger partial charge in [-0.3, -0.25) is 0 Å². The molecule has 0 fully saturated rings. The van der Waals surface area contributed by atoms with E-state index in [0.717, 1.165) is 6.07 Å². The number of halogens is 3. The lowest BCUT2D eigenvalue weighted by Gasteiger charge is -2.07. The van der Waals surface area contributed by atoms with E-state index in [2.05, 4.69) is 9.17 Å². The smallest absolute Gasteiger partial charge is 0.362 e. The number of nitrogens with zero attached hydrogens (tertiary/aromatic N) is 1. The highest BCUT2D eigenvalue weighted by atomic mass is 32.2. The molecule has 1 heterocycles. The summed E-state index contributed by atoms with van der Waals surface area (Å²) in [6, 6.07) is 1.56. The lowest BCUT2D eigenvalue weighted by Crippen LogP contribution is -2.13. The molecule has 0 aromatic carbocycles. The maximum atomic E-state index is 12.1. The van der Waals surface area contributed by atoms with Gasteiger partial charge < -0.3 is 4.18 Å². The topological polar surface area (TPSA) is 56.3 Å². The highest BCUT2D eigenvalue weighted by Gasteiger charge is 2.30. The minimum atomic E-state index is -4.50. The van der Waals surface area contributed by atoms with Crippen LogP contribution in [0.1, 0.15) is 12.5 Å². The minimum absolute atomic E-state index is 0.282. The van der Waals surface area contributed by atoms with Gasteiger partial charge >= 0.3 is 16.3 Å². The zero-order chi connectivity index (χ0) is 12.4. The molecule has 0 atom stereocenters. The first-order valence-corrected chi connectivity index (χ1v) is 5.78. The third-order valence-electron chi connectivity index (χ3n) is 1.63. The van der Waals surface area contributed by atoms with Crippen LogP contribution in [-0.4, -0.2) is 19.2 Å². The average molecular weight is 255 g/mol. The summed E-state index contributed by atoms with van der Waals surface area (Å²) in [5.74, 6) is -0.662. The van der Waals surface area contributed by atoms with E-state index in [1.165, 1.54) is 6.92 Å². The van der Waals surface area contributed by atoms with Gasteiger partial charge in [0.05, 0.1) is 11.3 Å². The van der Waals surface area contributed by atoms with Crippen molar-refractivity contribution in [2.24, 2.45) is 0 Å². The Morgan fingerprint density at radius 1 is 1.38 bits per heavy atom. The van der Waals surface area contributed by atoms with Crippen LogP contribution in [0.3, 0.4) is 0 Å². The maximum Gasteiger partial charge on any atom is 0.417 e. The van der Waals surface area contributed by atoms with Crippen LogP contribution in [0.5, 0.6) is 5.88 Å². The molecule has 0 saturated heterocycles. The number of hydrogen-bond donors (Lipinski definition) is 0. The van der Waals surface area contributed by atoms with Gasteiger partial charge in [0.2, 0.25) is 5.88 Å². The largest absolute Gasteiger partial charge is 0.417 e. The molecule has 8 heteroatoms. The Hall–Kier alpha value is -1.31. The third kappa shape index (κ3) is 3.37. The molecule has 1 aromatic heterocycles. The summed E-state index contributed by atoms with van der Waals surface area (Å²) in [5, 5.41) is 0. The van der Waals surface area contributed by atoms with Gasteiger partial charge in [-0.15, -0.1) is 0 Å². The van der Waals surface area contributed by atoms with Crippen LogP contribution in [0.2, 0.25) is 0 Å². The van der Waals surface area contributed by atoms with Crippen molar-refractivity contribution in [2.45, 2.75) is 13.1 Å². The minimum Gasteiger partial charge on any atom is -0.362 e. The molecule has 0 unspecified atom stereocenters. The number of rotatable bonds is 3. The van der Waals surface area contributed by atoms with E-state index in [1.807, 2.05) is 0 Å². The van der Waals surface area contributed by atoms with Gasteiger partial charge in [0.1, 0.15) is 0 Å². The molecule has 0 aliphatic carbocycles. The first-order valence-electron chi connectivity index (χ1n) is 4.20. The second kappa shape index (κ2) is 4.28. The first kappa shape index (κ1) is 12.8. The van der Waals surface area contributed by atoms with Crippen LogP contribution in [0, 0.1) is 0 Å². The first-order chi connectivity index (χ1) is 7.24. The zero-order valence-corrected chi connectivity index (χ0v) is 8.97. The standard InChI is InChI=1S/C8H8F3NO3S/c1-2-16(13,14)15-7-4-3-6(5-12-7)8(9,10)11/h3-5H,2H2,1H3. The van der Waals surface area contributed by atoms with Crippen LogP contribution in [0.25, 0.3) is 0 Å². The Morgan fingerprint density at radius 3 is 2.38 bits per heavy atom. The van der Waals surface area contributed by atoms with Gasteiger partial charge in [-0.1, -0.05) is 0 Å². The Kier molecular flexibility index (Phi) is 3.41. The van der Waals surface area contributed by atoms with Crippen LogP contribution >= 0.6 is 0 Å². The van der Waals surface area contributed by atoms with Crippen molar-refractivity contribution in [3.8, 4) is 5.88 Å². The van der Waals surface area contributed by atoms with Crippen molar-refractivity contribution in [2.75, 3.05) is 5.75 Å². The van der Waals surface area contributed by atoms with Gasteiger partial charge in [-0.05, 0) is 13.0 Å². The van der Waals surface area contributed by atoms with Gasteiger partial charge in [0.25, 0.3) is 0 Å². The molecule has 1 rings (SSSR count). The molecular formula is C8H8F3NO3S. The molecule has 0 aliphatic heterocycles. The fourth-order valence-electron chi connectivity index (χ4n) is 0.786. The molecule has 0 saturated carbocycles. The van der Waals surface area contributed by atoms with Gasteiger partial charge in [0.15, 0.2) is 0 Å². The molecule has 0 N–H and O–H groups in total. The summed E-state index contributed by atoms with van der Waals surface area (Å²) in [6.45, 7) is 1.35. The number of pyridine rings is 1. The Morgan fingerprint density at radius 2 is 2.00 bits per heavy atom. The Labute approximate surface area is 90.2 Å². The predicted molar refractivity (Wildman–Crippen MR) is 49.3 cm³/mol. The summed E-state index contributed by atoms with van der Waals surface area (Å²) in [7, 11) is -3.76. The van der Waals surface area contributed by atoms with Crippen LogP contribution in [-0.2, 0) is 16.3 Å². The Bertz CT molecular complexity index is 452. The molecule has 4 nitrogen and oxygen atoms in total. The van der Waals surface area contributed by atoms with E-state index in [1.54, 1.807) is 0 Å². The van der Waals surface area contributed by atoms with Crippen LogP contribution in [0.15, 0.2) is 18.3 Å². The summed E-state index contributed by atoms with van der Waals surface area (Å²) < 4.78 is 62.7. The highest BCUT2D eigenvalue weighted by Crippen LogP contribution is 2.29. The van der Waals surface area contributed by atoms with Crippen molar-refractivity contribution >= 4 is 10.1 Å². The zero-order valence-electron chi connectivity index (χ0n) is 8.15. The normalized spacial score (nSPS) is 12.5. The van der Waals surface area contributed by atoms with E-state index in [-0.39, 0.29) is 11.6 Å². The quantitative estimate of drug-likeness (QED) is 0.773. The van der Waals surface area contributed by atoms with E-state index >= 15 is 0 Å². The fraction of sp³-hybridized carbons (Fsp3) is 0.375. The Balaban J connectivity index is 2.89. The number of hydrogen-bond acceptors (Lipinski definition) is 4.